The van der Waals surface area contributed by atoms with Gasteiger partial charge in [-0.05, 0) is 311 Å². The molecule has 0 aliphatic carbocycles. The number of hydrogen-bond acceptors (Lipinski definition) is 7. The number of hydrogen-bond donors (Lipinski definition) is 0. The first-order valence-electron chi connectivity index (χ1n) is 48.1. The van der Waals surface area contributed by atoms with Crippen molar-refractivity contribution >= 4 is 97.3 Å². The van der Waals surface area contributed by atoms with Crippen molar-refractivity contribution in [2.45, 2.75) is 284 Å². The lowest BCUT2D eigenvalue weighted by Gasteiger charge is -2.07. The zero-order valence-electron chi connectivity index (χ0n) is 90.0. The third kappa shape index (κ3) is 30.8. The van der Waals surface area contributed by atoms with Gasteiger partial charge in [0.2, 0.25) is 0 Å². The minimum Gasteiger partial charge on any atom is -0.353 e. The number of fused-ring (bicyclic) bond motifs is 9. The number of aryl methyl sites for hydroxylation is 27. The lowest BCUT2D eigenvalue weighted by Crippen LogP contribution is -1.90. The normalized spacial score (nSPS) is 9.72. The third-order valence-electron chi connectivity index (χ3n) is 23.0. The van der Waals surface area contributed by atoms with Crippen molar-refractivity contribution in [1.29, 1.82) is 0 Å². The van der Waals surface area contributed by atoms with Crippen molar-refractivity contribution in [2.75, 3.05) is 0 Å². The van der Waals surface area contributed by atoms with E-state index in [0.29, 0.717) is 0 Å². The first-order valence-corrected chi connectivity index (χ1v) is 48.1. The molecule has 18 aromatic rings. The number of rotatable bonds is 0. The van der Waals surface area contributed by atoms with E-state index in [1.807, 2.05) is 180 Å². The van der Waals surface area contributed by atoms with Gasteiger partial charge in [0.15, 0.2) is 0 Å². The van der Waals surface area contributed by atoms with Gasteiger partial charge in [-0.1, -0.05) is 222 Å². The molecule has 0 fully saturated rings. The molecule has 0 aliphatic heterocycles. The highest BCUT2D eigenvalue weighted by atomic mass is 14.9. The smallest absolute Gasteiger partial charge is 0.0883 e. The van der Waals surface area contributed by atoms with Crippen LogP contribution in [0.5, 0.6) is 0 Å². The highest BCUT2D eigenvalue weighted by Gasteiger charge is 2.12. The maximum absolute atomic E-state index is 4.40. The number of pyridine rings is 7. The maximum atomic E-state index is 4.40. The maximum Gasteiger partial charge on any atom is 0.0883 e. The van der Waals surface area contributed by atoms with E-state index in [0.717, 1.165) is 27.9 Å². The summed E-state index contributed by atoms with van der Waals surface area (Å²) in [5.74, 6) is 0. The van der Waals surface area contributed by atoms with Crippen molar-refractivity contribution < 1.29 is 0 Å². The van der Waals surface area contributed by atoms with E-state index in [4.69, 9.17) is 0 Å². The summed E-state index contributed by atoms with van der Waals surface area (Å²) >= 11 is 0. The molecule has 0 atom stereocenters. The molecule has 704 valence electrons. The van der Waals surface area contributed by atoms with Crippen molar-refractivity contribution in [1.82, 2.24) is 53.2 Å². The SMILES string of the molecule is CC.CC.CC.CC.CC.CC.CC.CC.CC.Cc1ccc2cccc(C)c2c1C.Cc1ccc2cncc(C)c2c1C.Cc1ccc2nccc(C)c2c1C.Cc1cccc2cn(C)c(C)c12.Cc1ccnc2cn(C)c(C)c12.Cc1cnc2cccc(C)c2c1C.Cc1cncc2cn(C)c(C)c12.Cc1ncc2cccc(C)c2c1C.Cc1nccc2cn(C)c(C)c12. The molecular weight excluding hydrogens is 1600 g/mol. The van der Waals surface area contributed by atoms with Gasteiger partial charge < -0.3 is 18.3 Å². The van der Waals surface area contributed by atoms with Crippen LogP contribution in [0.4, 0.5) is 0 Å². The minimum absolute atomic E-state index is 1.09. The largest absolute Gasteiger partial charge is 0.353 e. The molecule has 7 aromatic carbocycles. The molecule has 0 aliphatic rings. The minimum atomic E-state index is 1.09. The molecule has 18 rings (SSSR count). The summed E-state index contributed by atoms with van der Waals surface area (Å²) in [4.78, 5) is 30.0. The second-order valence-corrected chi connectivity index (χ2v) is 30.8. The van der Waals surface area contributed by atoms with Crippen molar-refractivity contribution in [3.05, 3.63) is 337 Å². The van der Waals surface area contributed by atoms with Crippen LogP contribution in [0.15, 0.2) is 208 Å². The van der Waals surface area contributed by atoms with Crippen molar-refractivity contribution in [2.24, 2.45) is 28.2 Å². The monoisotopic (exact) mass is 1760 g/mol. The Kier molecular flexibility index (Phi) is 53.7. The second kappa shape index (κ2) is 60.1. The summed E-state index contributed by atoms with van der Waals surface area (Å²) in [6.45, 7) is 85.1. The van der Waals surface area contributed by atoms with Gasteiger partial charge in [0, 0.05) is 197 Å². The van der Waals surface area contributed by atoms with Gasteiger partial charge in [0.25, 0.3) is 0 Å². The first kappa shape index (κ1) is 117. The van der Waals surface area contributed by atoms with E-state index in [1.165, 1.54) is 198 Å². The fourth-order valence-corrected chi connectivity index (χ4v) is 15.5. The van der Waals surface area contributed by atoms with Crippen LogP contribution in [0, 0.1) is 159 Å². The van der Waals surface area contributed by atoms with Crippen LogP contribution >= 0.6 is 0 Å². The van der Waals surface area contributed by atoms with E-state index in [-0.39, 0.29) is 0 Å². The average Bonchev–Trinajstić information content (AvgIpc) is 1.26. The van der Waals surface area contributed by atoms with Gasteiger partial charge in [-0.15, -0.1) is 0 Å². The number of nitrogens with zero attached hydrogens (tertiary/aromatic N) is 11. The Labute approximate surface area is 794 Å². The van der Waals surface area contributed by atoms with Gasteiger partial charge >= 0.3 is 0 Å². The Balaban J connectivity index is 0.000000720. The molecule has 0 unspecified atom stereocenters. The molecule has 11 aromatic heterocycles. The molecule has 0 N–H and O–H groups in total. The Bertz CT molecular complexity index is 5620. The lowest BCUT2D eigenvalue weighted by atomic mass is 9.97. The Hall–Kier alpha value is -12.0. The highest BCUT2D eigenvalue weighted by Crippen LogP contribution is 2.31. The van der Waals surface area contributed by atoms with E-state index in [1.54, 1.807) is 0 Å². The summed E-state index contributed by atoms with van der Waals surface area (Å²) in [5.41, 5.74) is 33.4. The number of aromatic nitrogens is 11. The predicted molar refractivity (Wildman–Crippen MR) is 587 cm³/mol. The molecule has 11 nitrogen and oxygen atoms in total. The average molecular weight is 1770 g/mol. The molecule has 0 radical (unpaired) electrons. The van der Waals surface area contributed by atoms with Crippen LogP contribution in [0.25, 0.3) is 97.3 Å². The topological polar surface area (TPSA) is 110 Å². The summed E-state index contributed by atoms with van der Waals surface area (Å²) in [5, 5.41) is 19.8. The molecule has 0 bridgehead atoms. The predicted octanol–water partition coefficient (Wildman–Crippen LogP) is 35.0. The molecule has 0 spiro atoms. The third-order valence-corrected chi connectivity index (χ3v) is 23.0. The number of benzene rings is 7. The molecule has 131 heavy (non-hydrogen) atoms. The van der Waals surface area contributed by atoms with Gasteiger partial charge in [-0.3, -0.25) is 34.9 Å². The summed E-state index contributed by atoms with van der Waals surface area (Å²) < 4.78 is 8.57. The standard InChI is InChI=1S/C13H14.4C12H13N.C11H13N.3C10H12N2.9C2H6/c1-9-7-8-12-6-4-5-10(2)13(12)11(9)3;1-8-4-5-11-7-13-6-9(2)12(11)10(8)3;1-8-4-5-11-12(10(8)3)9(2)6-7-13-11;1-8-5-4-6-11-7-13-10(3)9(2)12(8)11;1-8-5-4-6-11-12(8)10(3)9(2)7-13-11;1-8-5-4-6-10-7-12(3)9(2)11(8)10;1-7-4-11-5-9-6-12(3)8(2)10(7)9;1-7-10-8(2)12(3)6-9(10)4-5-11-7;1-7-4-5-11-9-6-12(3)8(2)10(7)9;9*1-2/h4-8H,1-3H3;4*4-7H,1-3H3;4-7H,1-3H3;3*4-6H,1-3H3;9*1-2H3. The van der Waals surface area contributed by atoms with Crippen LogP contribution in [-0.4, -0.2) is 53.2 Å². The zero-order chi connectivity index (χ0) is 100.0. The van der Waals surface area contributed by atoms with Crippen LogP contribution in [0.2, 0.25) is 0 Å². The van der Waals surface area contributed by atoms with Crippen LogP contribution < -0.4 is 0 Å². The highest BCUT2D eigenvalue weighted by molar-refractivity contribution is 5.94. The summed E-state index contributed by atoms with van der Waals surface area (Å²) in [6, 6.07) is 44.6. The summed E-state index contributed by atoms with van der Waals surface area (Å²) in [7, 11) is 8.27. The van der Waals surface area contributed by atoms with Crippen molar-refractivity contribution in [3.8, 4) is 0 Å². The molecule has 11 heteroatoms. The van der Waals surface area contributed by atoms with E-state index in [2.05, 4.69) is 393 Å². The van der Waals surface area contributed by atoms with E-state index < -0.39 is 0 Å². The van der Waals surface area contributed by atoms with Gasteiger partial charge in [-0.25, -0.2) is 0 Å². The Morgan fingerprint density at radius 3 is 0.977 bits per heavy atom. The van der Waals surface area contributed by atoms with Crippen LogP contribution in [-0.2, 0) is 28.2 Å². The van der Waals surface area contributed by atoms with Crippen molar-refractivity contribution in [3.63, 3.8) is 0 Å². The first-order chi connectivity index (χ1) is 62.8. The van der Waals surface area contributed by atoms with Crippen LogP contribution in [0.3, 0.4) is 0 Å². The lowest BCUT2D eigenvalue weighted by molar-refractivity contribution is 0.888. The fraction of sp³-hybridized carbons (Fsp3) is 0.375. The fourth-order valence-electron chi connectivity index (χ4n) is 15.5. The van der Waals surface area contributed by atoms with Crippen LogP contribution in [0.1, 0.15) is 253 Å². The molecule has 0 saturated heterocycles. The quantitative estimate of drug-likeness (QED) is 0.149. The van der Waals surface area contributed by atoms with E-state index in [9.17, 15) is 0 Å². The van der Waals surface area contributed by atoms with Gasteiger partial charge in [0.05, 0.1) is 16.6 Å². The Morgan fingerprint density at radius 1 is 0.176 bits per heavy atom. The molecular formula is C120H169N11. The van der Waals surface area contributed by atoms with Gasteiger partial charge in [0.1, 0.15) is 0 Å². The summed E-state index contributed by atoms with van der Waals surface area (Å²) in [6.07, 6.45) is 25.6. The zero-order valence-corrected chi connectivity index (χ0v) is 90.0. The Morgan fingerprint density at radius 2 is 0.496 bits per heavy atom. The van der Waals surface area contributed by atoms with Gasteiger partial charge in [-0.2, -0.15) is 0 Å². The van der Waals surface area contributed by atoms with E-state index >= 15 is 0 Å². The molecule has 0 saturated carbocycles. The second-order valence-electron chi connectivity index (χ2n) is 30.8. The molecule has 0 amide bonds. The molecule has 11 heterocycles.